The van der Waals surface area contributed by atoms with Gasteiger partial charge in [0.05, 0.1) is 13.1 Å². The van der Waals surface area contributed by atoms with Crippen molar-refractivity contribution in [2.45, 2.75) is 25.4 Å². The largest absolute Gasteiger partial charge is 0.480 e. The molecule has 7 heteroatoms. The molecule has 2 heterocycles. The fourth-order valence-corrected chi connectivity index (χ4v) is 3.85. The molecule has 1 aromatic heterocycles. The lowest BCUT2D eigenvalue weighted by molar-refractivity contribution is -0.143. The number of carboxylic acid groups (broad SMARTS) is 1. The SMILES string of the molecule is CN(Cc1cc(Br)cs1)C(=O)CN1CCCC1C(=O)O. The highest BCUT2D eigenvalue weighted by molar-refractivity contribution is 9.10. The topological polar surface area (TPSA) is 60.9 Å². The van der Waals surface area contributed by atoms with E-state index >= 15 is 0 Å². The number of amides is 1. The molecule has 0 radical (unpaired) electrons. The molecule has 110 valence electrons. The number of likely N-dealkylation sites (tertiary alicyclic amines) is 1. The van der Waals surface area contributed by atoms with E-state index in [0.29, 0.717) is 19.5 Å². The van der Waals surface area contributed by atoms with Crippen LogP contribution in [0.5, 0.6) is 0 Å². The Bertz CT molecular complexity index is 506. The van der Waals surface area contributed by atoms with Gasteiger partial charge < -0.3 is 10.0 Å². The summed E-state index contributed by atoms with van der Waals surface area (Å²) in [4.78, 5) is 27.8. The molecule has 0 aromatic carbocycles. The minimum absolute atomic E-state index is 0.0392. The van der Waals surface area contributed by atoms with E-state index < -0.39 is 12.0 Å². The summed E-state index contributed by atoms with van der Waals surface area (Å²) in [7, 11) is 1.75. The molecule has 0 aliphatic carbocycles. The van der Waals surface area contributed by atoms with E-state index in [1.165, 1.54) is 0 Å². The van der Waals surface area contributed by atoms with Crippen LogP contribution >= 0.6 is 27.3 Å². The lowest BCUT2D eigenvalue weighted by atomic mass is 10.2. The quantitative estimate of drug-likeness (QED) is 0.872. The van der Waals surface area contributed by atoms with E-state index in [4.69, 9.17) is 5.11 Å². The summed E-state index contributed by atoms with van der Waals surface area (Å²) >= 11 is 4.98. The Hall–Kier alpha value is -0.920. The van der Waals surface area contributed by atoms with Crippen molar-refractivity contribution in [1.29, 1.82) is 0 Å². The van der Waals surface area contributed by atoms with E-state index in [0.717, 1.165) is 15.8 Å². The zero-order valence-corrected chi connectivity index (χ0v) is 13.6. The molecule has 1 unspecified atom stereocenters. The summed E-state index contributed by atoms with van der Waals surface area (Å²) < 4.78 is 1.02. The zero-order chi connectivity index (χ0) is 14.7. The highest BCUT2D eigenvalue weighted by Crippen LogP contribution is 2.21. The van der Waals surface area contributed by atoms with Gasteiger partial charge >= 0.3 is 5.97 Å². The normalized spacial score (nSPS) is 19.2. The molecule has 0 bridgehead atoms. The van der Waals surface area contributed by atoms with Gasteiger partial charge in [0.2, 0.25) is 5.91 Å². The van der Waals surface area contributed by atoms with Gasteiger partial charge in [-0.3, -0.25) is 14.5 Å². The number of carboxylic acids is 1. The van der Waals surface area contributed by atoms with Crippen molar-refractivity contribution in [3.05, 3.63) is 20.8 Å². The Labute approximate surface area is 130 Å². The van der Waals surface area contributed by atoms with Gasteiger partial charge in [-0.05, 0) is 41.4 Å². The molecule has 1 aliphatic rings. The van der Waals surface area contributed by atoms with Crippen molar-refractivity contribution < 1.29 is 14.7 Å². The molecule has 1 aliphatic heterocycles. The average molecular weight is 361 g/mol. The van der Waals surface area contributed by atoms with Crippen LogP contribution in [0.25, 0.3) is 0 Å². The number of thiophene rings is 1. The Kier molecular flexibility index (Phi) is 5.17. The van der Waals surface area contributed by atoms with Crippen molar-refractivity contribution >= 4 is 39.1 Å². The van der Waals surface area contributed by atoms with Crippen LogP contribution < -0.4 is 0 Å². The molecule has 1 saturated heterocycles. The second kappa shape index (κ2) is 6.69. The van der Waals surface area contributed by atoms with Crippen molar-refractivity contribution in [2.24, 2.45) is 0 Å². The van der Waals surface area contributed by atoms with Gasteiger partial charge in [0.1, 0.15) is 6.04 Å². The summed E-state index contributed by atoms with van der Waals surface area (Å²) in [5.74, 6) is -0.872. The van der Waals surface area contributed by atoms with Crippen LogP contribution in [0.1, 0.15) is 17.7 Å². The summed E-state index contributed by atoms with van der Waals surface area (Å²) in [6, 6.07) is 1.48. The Morgan fingerprint density at radius 2 is 2.35 bits per heavy atom. The zero-order valence-electron chi connectivity index (χ0n) is 11.2. The Balaban J connectivity index is 1.89. The van der Waals surface area contributed by atoms with Crippen LogP contribution in [0.15, 0.2) is 15.9 Å². The molecule has 1 fully saturated rings. The predicted molar refractivity (Wildman–Crippen MR) is 80.7 cm³/mol. The van der Waals surface area contributed by atoms with Gasteiger partial charge in [0.25, 0.3) is 0 Å². The van der Waals surface area contributed by atoms with E-state index in [1.807, 2.05) is 11.4 Å². The number of carbonyl (C=O) groups is 2. The first-order valence-electron chi connectivity index (χ1n) is 6.41. The van der Waals surface area contributed by atoms with E-state index in [9.17, 15) is 9.59 Å². The first-order chi connectivity index (χ1) is 9.47. The van der Waals surface area contributed by atoms with Crippen molar-refractivity contribution in [1.82, 2.24) is 9.80 Å². The maximum absolute atomic E-state index is 12.2. The first-order valence-corrected chi connectivity index (χ1v) is 8.08. The monoisotopic (exact) mass is 360 g/mol. The maximum atomic E-state index is 12.2. The molecule has 5 nitrogen and oxygen atoms in total. The standard InChI is InChI=1S/C13H17BrN2O3S/c1-15(6-10-5-9(14)8-20-10)12(17)7-16-4-2-3-11(16)13(18)19/h5,8,11H,2-4,6-7H2,1H3,(H,18,19). The number of aliphatic carboxylic acids is 1. The van der Waals surface area contributed by atoms with Crippen molar-refractivity contribution in [3.63, 3.8) is 0 Å². The molecular formula is C13H17BrN2O3S. The number of hydrogen-bond acceptors (Lipinski definition) is 4. The van der Waals surface area contributed by atoms with Crippen LogP contribution in [-0.2, 0) is 16.1 Å². The van der Waals surface area contributed by atoms with Gasteiger partial charge in [-0.1, -0.05) is 0 Å². The highest BCUT2D eigenvalue weighted by Gasteiger charge is 2.32. The number of likely N-dealkylation sites (N-methyl/N-ethyl adjacent to an activating group) is 1. The molecule has 20 heavy (non-hydrogen) atoms. The molecule has 2 rings (SSSR count). The van der Waals surface area contributed by atoms with Gasteiger partial charge in [-0.25, -0.2) is 0 Å². The minimum atomic E-state index is -0.833. The number of nitrogens with zero attached hydrogens (tertiary/aromatic N) is 2. The van der Waals surface area contributed by atoms with Gasteiger partial charge in [0, 0.05) is 21.8 Å². The molecule has 0 saturated carbocycles. The van der Waals surface area contributed by atoms with Crippen LogP contribution in [0.2, 0.25) is 0 Å². The first kappa shape index (κ1) is 15.5. The van der Waals surface area contributed by atoms with Crippen LogP contribution in [0.3, 0.4) is 0 Å². The third-order valence-electron chi connectivity index (χ3n) is 3.43. The Morgan fingerprint density at radius 1 is 1.60 bits per heavy atom. The highest BCUT2D eigenvalue weighted by atomic mass is 79.9. The number of carbonyl (C=O) groups excluding carboxylic acids is 1. The molecule has 1 N–H and O–H groups in total. The average Bonchev–Trinajstić information content (AvgIpc) is 2.98. The molecule has 1 atom stereocenters. The minimum Gasteiger partial charge on any atom is -0.480 e. The third kappa shape index (κ3) is 3.80. The van der Waals surface area contributed by atoms with E-state index in [2.05, 4.69) is 15.9 Å². The smallest absolute Gasteiger partial charge is 0.320 e. The fourth-order valence-electron chi connectivity index (χ4n) is 2.35. The lowest BCUT2D eigenvalue weighted by Gasteiger charge is -2.24. The van der Waals surface area contributed by atoms with Crippen LogP contribution in [-0.4, -0.2) is 53.0 Å². The molecular weight excluding hydrogens is 344 g/mol. The Morgan fingerprint density at radius 3 is 2.95 bits per heavy atom. The lowest BCUT2D eigenvalue weighted by Crippen LogP contribution is -2.43. The van der Waals surface area contributed by atoms with Crippen molar-refractivity contribution in [2.75, 3.05) is 20.1 Å². The third-order valence-corrected chi connectivity index (χ3v) is 5.11. The van der Waals surface area contributed by atoms with Crippen molar-refractivity contribution in [3.8, 4) is 0 Å². The summed E-state index contributed by atoms with van der Waals surface area (Å²) in [5, 5.41) is 11.1. The summed E-state index contributed by atoms with van der Waals surface area (Å²) in [6.45, 7) is 1.42. The molecule has 0 spiro atoms. The van der Waals surface area contributed by atoms with E-state index in [-0.39, 0.29) is 12.5 Å². The summed E-state index contributed by atoms with van der Waals surface area (Å²) in [6.07, 6.45) is 1.47. The second-order valence-corrected chi connectivity index (χ2v) is 6.86. The molecule has 1 aromatic rings. The maximum Gasteiger partial charge on any atom is 0.320 e. The van der Waals surface area contributed by atoms with Gasteiger partial charge in [-0.15, -0.1) is 11.3 Å². The summed E-state index contributed by atoms with van der Waals surface area (Å²) in [5.41, 5.74) is 0. The number of hydrogen-bond donors (Lipinski definition) is 1. The number of rotatable bonds is 5. The number of halogens is 1. The van der Waals surface area contributed by atoms with E-state index in [1.54, 1.807) is 28.2 Å². The predicted octanol–water partition coefficient (Wildman–Crippen LogP) is 2.02. The van der Waals surface area contributed by atoms with Gasteiger partial charge in [0.15, 0.2) is 0 Å². The second-order valence-electron chi connectivity index (χ2n) is 4.95. The fraction of sp³-hybridized carbons (Fsp3) is 0.538. The van der Waals surface area contributed by atoms with Crippen LogP contribution in [0.4, 0.5) is 0 Å². The van der Waals surface area contributed by atoms with Gasteiger partial charge in [-0.2, -0.15) is 0 Å². The van der Waals surface area contributed by atoms with Crippen LogP contribution in [0, 0.1) is 0 Å². The molecule has 1 amide bonds.